The van der Waals surface area contributed by atoms with Crippen molar-refractivity contribution in [3.8, 4) is 23.1 Å². The second kappa shape index (κ2) is 9.11. The fraction of sp³-hybridized carbons (Fsp3) is 0. The second-order valence-corrected chi connectivity index (χ2v) is 5.92. The van der Waals surface area contributed by atoms with Crippen LogP contribution in [0.15, 0.2) is 83.5 Å². The molecule has 0 saturated carbocycles. The maximum atomic E-state index is 9.82. The van der Waals surface area contributed by atoms with E-state index < -0.39 is 0 Å². The number of nitrogens with zero attached hydrogens (tertiary/aromatic N) is 3. The minimum atomic E-state index is 0. The summed E-state index contributed by atoms with van der Waals surface area (Å²) in [6.45, 7) is 0. The maximum absolute atomic E-state index is 9.82. The summed E-state index contributed by atoms with van der Waals surface area (Å²) in [6.07, 6.45) is 3.42. The molecule has 0 atom stereocenters. The van der Waals surface area contributed by atoms with Gasteiger partial charge in [-0.1, -0.05) is 12.1 Å². The summed E-state index contributed by atoms with van der Waals surface area (Å²) < 4.78 is 5.50. The molecule has 0 unspecified atom stereocenters. The number of phenols is 1. The monoisotopic (exact) mass is 557 g/mol. The minimum absolute atomic E-state index is 0. The molecule has 2 aromatic carbocycles. The maximum Gasteiger partial charge on any atom is 0.154 e. The Kier molecular flexibility index (Phi) is 6.35. The van der Waals surface area contributed by atoms with Crippen LogP contribution in [0.25, 0.3) is 33.3 Å². The molecule has 0 saturated heterocycles. The van der Waals surface area contributed by atoms with Crippen LogP contribution in [0.3, 0.4) is 0 Å². The van der Waals surface area contributed by atoms with Crippen molar-refractivity contribution in [1.29, 1.82) is 5.26 Å². The first-order chi connectivity index (χ1) is 13.8. The fourth-order valence-electron chi connectivity index (χ4n) is 2.84. The molecule has 1 N–H and O–H groups in total. The normalized spacial score (nSPS) is 9.90. The van der Waals surface area contributed by atoms with Crippen molar-refractivity contribution in [2.24, 2.45) is 0 Å². The summed E-state index contributed by atoms with van der Waals surface area (Å²) in [5, 5.41) is 19.1. The average Bonchev–Trinajstić information content (AvgIpc) is 3.14. The predicted octanol–water partition coefficient (Wildman–Crippen LogP) is 5.10. The third-order valence-corrected chi connectivity index (χ3v) is 4.09. The van der Waals surface area contributed by atoms with Gasteiger partial charge in [0.25, 0.3) is 0 Å². The molecule has 143 valence electrons. The van der Waals surface area contributed by atoms with Gasteiger partial charge in [0.05, 0.1) is 17.0 Å². The Balaban J connectivity index is 0.000000167. The van der Waals surface area contributed by atoms with Gasteiger partial charge in [-0.05, 0) is 36.0 Å². The minimum Gasteiger partial charge on any atom is -0.507 e. The van der Waals surface area contributed by atoms with E-state index in [2.05, 4.69) is 16.0 Å². The summed E-state index contributed by atoms with van der Waals surface area (Å²) in [5.41, 5.74) is 4.06. The quantitative estimate of drug-likeness (QED) is 0.291. The van der Waals surface area contributed by atoms with E-state index in [1.807, 2.05) is 48.5 Å². The van der Waals surface area contributed by atoms with Crippen molar-refractivity contribution >= 4 is 22.1 Å². The van der Waals surface area contributed by atoms with E-state index in [0.717, 1.165) is 11.3 Å². The number of nitriles is 1. The molecule has 1 radical (unpaired) electrons. The van der Waals surface area contributed by atoms with Gasteiger partial charge in [0.1, 0.15) is 16.8 Å². The van der Waals surface area contributed by atoms with Crippen LogP contribution >= 0.6 is 0 Å². The van der Waals surface area contributed by atoms with Gasteiger partial charge < -0.3 is 14.5 Å². The Morgan fingerprint density at radius 3 is 2.48 bits per heavy atom. The van der Waals surface area contributed by atoms with E-state index in [1.165, 1.54) is 6.07 Å². The number of benzene rings is 2. The summed E-state index contributed by atoms with van der Waals surface area (Å²) in [5.74, 6) is 0.0199. The summed E-state index contributed by atoms with van der Waals surface area (Å²) in [7, 11) is 0. The average molecular weight is 557 g/mol. The first-order valence-corrected chi connectivity index (χ1v) is 8.55. The number of rotatable bonds is 1. The molecule has 5 nitrogen and oxygen atoms in total. The molecule has 29 heavy (non-hydrogen) atoms. The zero-order valence-corrected chi connectivity index (χ0v) is 17.4. The molecule has 0 fully saturated rings. The van der Waals surface area contributed by atoms with Gasteiger partial charge in [-0.25, -0.2) is 0 Å². The second-order valence-electron chi connectivity index (χ2n) is 5.92. The van der Waals surface area contributed by atoms with Crippen LogP contribution in [0, 0.1) is 17.4 Å². The Hall–Kier alpha value is -3.52. The molecular formula is C23H14IrN3O2-. The van der Waals surface area contributed by atoms with Crippen LogP contribution in [-0.4, -0.2) is 15.1 Å². The van der Waals surface area contributed by atoms with Gasteiger partial charge in [-0.3, -0.25) is 4.98 Å². The first-order valence-electron chi connectivity index (χ1n) is 8.55. The third kappa shape index (κ3) is 4.33. The molecule has 3 aromatic heterocycles. The fourth-order valence-corrected chi connectivity index (χ4v) is 2.84. The van der Waals surface area contributed by atoms with Gasteiger partial charge in [0.15, 0.2) is 5.58 Å². The number of phenolic OH excluding ortho intramolecular Hbond substituents is 1. The van der Waals surface area contributed by atoms with Crippen LogP contribution in [0.2, 0.25) is 0 Å². The number of fused-ring (bicyclic) bond motifs is 3. The van der Waals surface area contributed by atoms with Crippen molar-refractivity contribution in [3.63, 3.8) is 0 Å². The van der Waals surface area contributed by atoms with Crippen LogP contribution in [0.1, 0.15) is 5.56 Å². The smallest absolute Gasteiger partial charge is 0.154 e. The topological polar surface area (TPSA) is 82.9 Å². The molecule has 0 bridgehead atoms. The van der Waals surface area contributed by atoms with Gasteiger partial charge in [0, 0.05) is 32.5 Å². The van der Waals surface area contributed by atoms with Gasteiger partial charge >= 0.3 is 0 Å². The molecule has 0 spiro atoms. The van der Waals surface area contributed by atoms with E-state index in [9.17, 15) is 5.11 Å². The number of aromatic hydroxyl groups is 1. The molecule has 0 aliphatic carbocycles. The van der Waals surface area contributed by atoms with E-state index in [0.29, 0.717) is 27.6 Å². The Bertz CT molecular complexity index is 1240. The van der Waals surface area contributed by atoms with Crippen molar-refractivity contribution in [1.82, 2.24) is 9.97 Å². The van der Waals surface area contributed by atoms with Crippen LogP contribution < -0.4 is 0 Å². The van der Waals surface area contributed by atoms with Crippen molar-refractivity contribution in [3.05, 3.63) is 90.8 Å². The summed E-state index contributed by atoms with van der Waals surface area (Å²) in [6, 6.07) is 25.3. The van der Waals surface area contributed by atoms with Gasteiger partial charge in [-0.15, -0.1) is 35.9 Å². The molecule has 3 heterocycles. The van der Waals surface area contributed by atoms with Crippen molar-refractivity contribution in [2.45, 2.75) is 0 Å². The van der Waals surface area contributed by atoms with E-state index in [4.69, 9.17) is 9.68 Å². The Morgan fingerprint density at radius 2 is 1.76 bits per heavy atom. The van der Waals surface area contributed by atoms with Crippen molar-refractivity contribution in [2.75, 3.05) is 0 Å². The Labute approximate surface area is 180 Å². The summed E-state index contributed by atoms with van der Waals surface area (Å²) in [4.78, 5) is 8.37. The molecule has 6 heteroatoms. The third-order valence-electron chi connectivity index (χ3n) is 4.09. The zero-order chi connectivity index (χ0) is 19.3. The van der Waals surface area contributed by atoms with E-state index >= 15 is 0 Å². The van der Waals surface area contributed by atoms with Crippen LogP contribution in [0.4, 0.5) is 0 Å². The number of hydrogen-bond donors (Lipinski definition) is 1. The van der Waals surface area contributed by atoms with Gasteiger partial charge in [-0.2, -0.15) is 5.26 Å². The van der Waals surface area contributed by atoms with Crippen LogP contribution in [0.5, 0.6) is 5.75 Å². The van der Waals surface area contributed by atoms with Gasteiger partial charge in [0.2, 0.25) is 0 Å². The standard InChI is InChI=1S/C12H6N2O2.C11H8N.Ir/c13-6-7-4-8(15)11-10(5-7)16-9-2-1-3-14-12(9)11;1-2-6-10(7-3-1)11-8-4-5-9-12-11;/h1-5,15H;1-6,8-9H;/q;-1;. The first kappa shape index (κ1) is 20.2. The number of hydrogen-bond acceptors (Lipinski definition) is 5. The van der Waals surface area contributed by atoms with Crippen LogP contribution in [-0.2, 0) is 20.1 Å². The number of aromatic nitrogens is 2. The number of furan rings is 1. The summed E-state index contributed by atoms with van der Waals surface area (Å²) >= 11 is 0. The molecule has 5 aromatic rings. The Morgan fingerprint density at radius 1 is 0.931 bits per heavy atom. The molecule has 0 aliphatic heterocycles. The van der Waals surface area contributed by atoms with E-state index in [-0.39, 0.29) is 25.9 Å². The molecule has 5 rings (SSSR count). The molecular weight excluding hydrogens is 542 g/mol. The molecule has 0 amide bonds. The zero-order valence-electron chi connectivity index (χ0n) is 15.0. The predicted molar refractivity (Wildman–Crippen MR) is 106 cm³/mol. The van der Waals surface area contributed by atoms with E-state index in [1.54, 1.807) is 30.6 Å². The number of pyridine rings is 2. The largest absolute Gasteiger partial charge is 0.507 e. The molecule has 0 aliphatic rings. The SMILES string of the molecule is N#Cc1cc(O)c2c(c1)oc1cccnc12.[Ir].[c-]1ccccc1-c1ccccn1. The van der Waals surface area contributed by atoms with Crippen molar-refractivity contribution < 1.29 is 29.6 Å².